The van der Waals surface area contributed by atoms with E-state index in [1.165, 1.54) is 4.68 Å². The minimum absolute atomic E-state index is 0.139. The van der Waals surface area contributed by atoms with Gasteiger partial charge in [-0.1, -0.05) is 30.3 Å². The van der Waals surface area contributed by atoms with E-state index < -0.39 is 22.2 Å². The highest BCUT2D eigenvalue weighted by Crippen LogP contribution is 2.56. The molecule has 11 heteroatoms. The van der Waals surface area contributed by atoms with Crippen molar-refractivity contribution in [2.75, 3.05) is 0 Å². The summed E-state index contributed by atoms with van der Waals surface area (Å²) in [7, 11) is 0. The zero-order chi connectivity index (χ0) is 24.0. The molecule has 3 atom stereocenters. The maximum absolute atomic E-state index is 13.1. The molecule has 3 heterocycles. The van der Waals surface area contributed by atoms with Crippen LogP contribution in [0.25, 0.3) is 0 Å². The number of aromatic nitrogens is 4. The largest absolute Gasteiger partial charge is 0.442 e. The minimum atomic E-state index is -0.652. The molecule has 2 aliphatic heterocycles. The number of β-lactam (4-membered cyclic amide) rings is 1. The summed E-state index contributed by atoms with van der Waals surface area (Å²) in [6.07, 6.45) is 0.215. The van der Waals surface area contributed by atoms with Crippen molar-refractivity contribution in [3.8, 4) is 0 Å². The molecule has 2 fully saturated rings. The average molecular weight is 473 g/mol. The SMILES string of the molecule is CC(C)(C)C(=O)OCn1nnnc1C1N2C(=O)C(NC(=O)Cc3ccccc3)C2SC1(C)C. The topological polar surface area (TPSA) is 119 Å². The summed E-state index contributed by atoms with van der Waals surface area (Å²) in [4.78, 5) is 39.5. The van der Waals surface area contributed by atoms with Gasteiger partial charge in [-0.3, -0.25) is 14.4 Å². The van der Waals surface area contributed by atoms with Crippen molar-refractivity contribution in [1.29, 1.82) is 0 Å². The molecule has 0 radical (unpaired) electrons. The van der Waals surface area contributed by atoms with Crippen LogP contribution < -0.4 is 5.32 Å². The number of ether oxygens (including phenoxy) is 1. The maximum atomic E-state index is 13.1. The van der Waals surface area contributed by atoms with Gasteiger partial charge in [0.1, 0.15) is 17.5 Å². The normalized spacial score (nSPS) is 23.6. The molecule has 2 aromatic rings. The first kappa shape index (κ1) is 23.2. The second-order valence-electron chi connectivity index (χ2n) is 9.81. The highest BCUT2D eigenvalue weighted by atomic mass is 32.2. The van der Waals surface area contributed by atoms with Gasteiger partial charge in [0.25, 0.3) is 0 Å². The van der Waals surface area contributed by atoms with Crippen LogP contribution in [-0.4, -0.2) is 59.1 Å². The zero-order valence-corrected chi connectivity index (χ0v) is 20.1. The van der Waals surface area contributed by atoms with E-state index in [1.807, 2.05) is 44.2 Å². The fourth-order valence-electron chi connectivity index (χ4n) is 4.01. The van der Waals surface area contributed by atoms with E-state index in [4.69, 9.17) is 4.74 Å². The number of fused-ring (bicyclic) bond motifs is 1. The molecule has 1 N–H and O–H groups in total. The van der Waals surface area contributed by atoms with Crippen molar-refractivity contribution in [1.82, 2.24) is 30.4 Å². The van der Waals surface area contributed by atoms with E-state index in [9.17, 15) is 14.4 Å². The van der Waals surface area contributed by atoms with E-state index in [0.717, 1.165) is 5.56 Å². The predicted octanol–water partition coefficient (Wildman–Crippen LogP) is 1.68. The van der Waals surface area contributed by atoms with Gasteiger partial charge < -0.3 is 15.0 Å². The van der Waals surface area contributed by atoms with Crippen LogP contribution in [-0.2, 0) is 32.3 Å². The summed E-state index contributed by atoms with van der Waals surface area (Å²) in [6.45, 7) is 9.18. The highest BCUT2D eigenvalue weighted by Gasteiger charge is 2.63. The Morgan fingerprint density at radius 1 is 1.21 bits per heavy atom. The van der Waals surface area contributed by atoms with Gasteiger partial charge in [0.05, 0.1) is 11.8 Å². The first-order valence-corrected chi connectivity index (χ1v) is 11.6. The Labute approximate surface area is 196 Å². The molecule has 4 rings (SSSR count). The molecule has 3 unspecified atom stereocenters. The third kappa shape index (κ3) is 4.46. The summed E-state index contributed by atoms with van der Waals surface area (Å²) in [5.41, 5.74) is 0.236. The second-order valence-corrected chi connectivity index (χ2v) is 11.6. The van der Waals surface area contributed by atoms with Gasteiger partial charge in [-0.15, -0.1) is 16.9 Å². The lowest BCUT2D eigenvalue weighted by Crippen LogP contribution is -2.68. The van der Waals surface area contributed by atoms with Gasteiger partial charge in [0.15, 0.2) is 12.6 Å². The third-order valence-electron chi connectivity index (χ3n) is 5.70. The van der Waals surface area contributed by atoms with Gasteiger partial charge >= 0.3 is 5.97 Å². The Kier molecular flexibility index (Phi) is 5.94. The number of tetrazole rings is 1. The molecule has 0 bridgehead atoms. The van der Waals surface area contributed by atoms with Crippen LogP contribution in [0.5, 0.6) is 0 Å². The third-order valence-corrected chi connectivity index (χ3v) is 7.27. The number of nitrogens with one attached hydrogen (secondary N) is 1. The van der Waals surface area contributed by atoms with Crippen molar-refractivity contribution in [2.45, 2.75) is 70.0 Å². The Balaban J connectivity index is 1.46. The van der Waals surface area contributed by atoms with E-state index in [-0.39, 0.29) is 36.3 Å². The lowest BCUT2D eigenvalue weighted by atomic mass is 9.95. The molecule has 10 nitrogen and oxygen atoms in total. The molecule has 33 heavy (non-hydrogen) atoms. The molecule has 176 valence electrons. The van der Waals surface area contributed by atoms with Crippen molar-refractivity contribution < 1.29 is 19.1 Å². The lowest BCUT2D eigenvalue weighted by molar-refractivity contribution is -0.158. The number of thioether (sulfide) groups is 1. The molecule has 0 aliphatic carbocycles. The monoisotopic (exact) mass is 472 g/mol. The van der Waals surface area contributed by atoms with Gasteiger partial charge in [0.2, 0.25) is 11.8 Å². The summed E-state index contributed by atoms with van der Waals surface area (Å²) in [5, 5.41) is 14.5. The van der Waals surface area contributed by atoms with Crippen LogP contribution in [0.4, 0.5) is 0 Å². The van der Waals surface area contributed by atoms with Crippen LogP contribution in [0.1, 0.15) is 52.0 Å². The van der Waals surface area contributed by atoms with E-state index in [0.29, 0.717) is 5.82 Å². The molecule has 0 saturated carbocycles. The van der Waals surface area contributed by atoms with Crippen molar-refractivity contribution in [3.05, 3.63) is 41.7 Å². The summed E-state index contributed by atoms with van der Waals surface area (Å²) in [6, 6.07) is 8.38. The van der Waals surface area contributed by atoms with Gasteiger partial charge in [-0.25, -0.2) is 0 Å². The van der Waals surface area contributed by atoms with E-state index >= 15 is 0 Å². The average Bonchev–Trinajstić information content (AvgIpc) is 3.29. The van der Waals surface area contributed by atoms with Gasteiger partial charge in [0, 0.05) is 4.75 Å². The molecule has 1 aromatic carbocycles. The Morgan fingerprint density at radius 2 is 1.91 bits per heavy atom. The fourth-order valence-corrected chi connectivity index (χ4v) is 5.64. The quantitative estimate of drug-likeness (QED) is 0.498. The predicted molar refractivity (Wildman–Crippen MR) is 120 cm³/mol. The maximum Gasteiger partial charge on any atom is 0.313 e. The highest BCUT2D eigenvalue weighted by molar-refractivity contribution is 8.01. The van der Waals surface area contributed by atoms with Crippen LogP contribution in [0.15, 0.2) is 30.3 Å². The van der Waals surface area contributed by atoms with E-state index in [1.54, 1.807) is 37.4 Å². The number of hydrogen-bond donors (Lipinski definition) is 1. The summed E-state index contributed by atoms with van der Waals surface area (Å²) in [5.74, 6) is -0.298. The number of nitrogens with zero attached hydrogens (tertiary/aromatic N) is 5. The number of hydrogen-bond acceptors (Lipinski definition) is 8. The molecular weight excluding hydrogens is 444 g/mol. The zero-order valence-electron chi connectivity index (χ0n) is 19.3. The summed E-state index contributed by atoms with van der Waals surface area (Å²) >= 11 is 1.60. The first-order valence-electron chi connectivity index (χ1n) is 10.8. The Hall–Kier alpha value is -2.95. The number of benzene rings is 1. The molecule has 2 saturated heterocycles. The Bertz CT molecular complexity index is 1060. The molecular formula is C22H28N6O4S. The van der Waals surface area contributed by atoms with Crippen LogP contribution in [0.3, 0.4) is 0 Å². The van der Waals surface area contributed by atoms with E-state index in [2.05, 4.69) is 20.8 Å². The smallest absolute Gasteiger partial charge is 0.313 e. The minimum Gasteiger partial charge on any atom is -0.442 e. The van der Waals surface area contributed by atoms with Crippen molar-refractivity contribution >= 4 is 29.5 Å². The van der Waals surface area contributed by atoms with Gasteiger partial charge in [-0.2, -0.15) is 4.68 Å². The Morgan fingerprint density at radius 3 is 2.58 bits per heavy atom. The van der Waals surface area contributed by atoms with Gasteiger partial charge in [-0.05, 0) is 50.6 Å². The molecule has 1 aromatic heterocycles. The number of esters is 1. The molecule has 2 aliphatic rings. The van der Waals surface area contributed by atoms with Crippen molar-refractivity contribution in [2.24, 2.45) is 5.41 Å². The number of amides is 2. The molecule has 2 amide bonds. The standard InChI is InChI=1S/C22H28N6O4S/c1-21(2,3)20(31)32-12-27-17(24-25-26-27)16-22(4,5)33-19-15(18(30)28(16)19)23-14(29)11-13-9-7-6-8-10-13/h6-10,15-16,19H,11-12H2,1-5H3,(H,23,29). The fraction of sp³-hybridized carbons (Fsp3) is 0.545. The lowest BCUT2D eigenvalue weighted by Gasteiger charge is -2.44. The number of carbonyl (C=O) groups is 3. The number of carbonyl (C=O) groups excluding carboxylic acids is 3. The van der Waals surface area contributed by atoms with Crippen LogP contribution in [0.2, 0.25) is 0 Å². The number of rotatable bonds is 6. The summed E-state index contributed by atoms with van der Waals surface area (Å²) < 4.78 is 6.36. The van der Waals surface area contributed by atoms with Crippen LogP contribution in [0, 0.1) is 5.41 Å². The second kappa shape index (κ2) is 8.44. The van der Waals surface area contributed by atoms with Crippen molar-refractivity contribution in [3.63, 3.8) is 0 Å². The van der Waals surface area contributed by atoms with Crippen LogP contribution >= 0.6 is 11.8 Å². The molecule has 0 spiro atoms. The first-order chi connectivity index (χ1) is 15.5.